The molecular formula is C19H21ClN2O5S. The minimum Gasteiger partial charge on any atom is -0.495 e. The lowest BCUT2D eigenvalue weighted by Crippen LogP contribution is -2.42. The fourth-order valence-corrected chi connectivity index (χ4v) is 4.30. The Hall–Kier alpha value is -2.45. The normalized spacial score (nSPS) is 13.2. The maximum atomic E-state index is 13.0. The fraction of sp³-hybridized carbons (Fsp3) is 0.316. The summed E-state index contributed by atoms with van der Waals surface area (Å²) in [5, 5.41) is 0.274. The molecule has 2 aromatic rings. The van der Waals surface area contributed by atoms with Gasteiger partial charge in [0.2, 0.25) is 15.9 Å². The van der Waals surface area contributed by atoms with E-state index in [4.69, 9.17) is 21.1 Å². The first-order valence-electron chi connectivity index (χ1n) is 8.53. The molecule has 0 N–H and O–H groups in total. The van der Waals surface area contributed by atoms with Gasteiger partial charge in [0, 0.05) is 24.4 Å². The molecule has 0 spiro atoms. The molecule has 7 nitrogen and oxygen atoms in total. The summed E-state index contributed by atoms with van der Waals surface area (Å²) in [6.45, 7) is 0.144. The number of hydrogen-bond donors (Lipinski definition) is 0. The maximum Gasteiger partial charge on any atom is 0.247 e. The van der Waals surface area contributed by atoms with E-state index in [1.807, 2.05) is 24.3 Å². The lowest BCUT2D eigenvalue weighted by atomic mass is 10.2. The number of methoxy groups -OCH3 is 2. The van der Waals surface area contributed by atoms with Crippen LogP contribution in [0.25, 0.3) is 0 Å². The number of hydrogen-bond acceptors (Lipinski definition) is 5. The fourth-order valence-electron chi connectivity index (χ4n) is 3.23. The number of halogens is 1. The van der Waals surface area contributed by atoms with E-state index in [0.717, 1.165) is 28.2 Å². The maximum absolute atomic E-state index is 13.0. The molecule has 2 aromatic carbocycles. The molecule has 150 valence electrons. The van der Waals surface area contributed by atoms with Crippen LogP contribution in [0.4, 0.5) is 11.4 Å². The number of rotatable bonds is 6. The number of ether oxygens (including phenoxy) is 2. The van der Waals surface area contributed by atoms with Crippen molar-refractivity contribution in [1.29, 1.82) is 0 Å². The summed E-state index contributed by atoms with van der Waals surface area (Å²) in [6, 6.07) is 10.5. The zero-order valence-corrected chi connectivity index (χ0v) is 17.4. The number of fused-ring (bicyclic) bond motifs is 1. The summed E-state index contributed by atoms with van der Waals surface area (Å²) in [7, 11) is -0.955. The third kappa shape index (κ3) is 3.88. The summed E-state index contributed by atoms with van der Waals surface area (Å²) < 4.78 is 36.5. The topological polar surface area (TPSA) is 76.2 Å². The predicted molar refractivity (Wildman–Crippen MR) is 109 cm³/mol. The Bertz CT molecular complexity index is 1010. The lowest BCUT2D eigenvalue weighted by molar-refractivity contribution is -0.117. The Balaban J connectivity index is 1.98. The van der Waals surface area contributed by atoms with E-state index in [9.17, 15) is 13.2 Å². The quantitative estimate of drug-likeness (QED) is 0.712. The minimum absolute atomic E-state index is 0.187. The van der Waals surface area contributed by atoms with Crippen molar-refractivity contribution in [3.05, 3.63) is 47.0 Å². The van der Waals surface area contributed by atoms with Crippen LogP contribution < -0.4 is 18.7 Å². The van der Waals surface area contributed by atoms with E-state index in [1.54, 1.807) is 4.90 Å². The third-order valence-electron chi connectivity index (χ3n) is 4.59. The first kappa shape index (κ1) is 20.3. The van der Waals surface area contributed by atoms with Crippen molar-refractivity contribution in [1.82, 2.24) is 0 Å². The van der Waals surface area contributed by atoms with Crippen LogP contribution in [0.2, 0.25) is 5.02 Å². The minimum atomic E-state index is -3.78. The SMILES string of the molecule is COc1cc(N(CC(=O)N2CCc3ccccc32)S(C)(=O)=O)c(OC)cc1Cl. The number of para-hydroxylation sites is 1. The van der Waals surface area contributed by atoms with Gasteiger partial charge in [0.05, 0.1) is 31.2 Å². The van der Waals surface area contributed by atoms with Crippen molar-refractivity contribution >= 4 is 38.9 Å². The molecule has 0 unspecified atom stereocenters. The second kappa shape index (κ2) is 7.89. The van der Waals surface area contributed by atoms with Gasteiger partial charge in [0.15, 0.2) is 0 Å². The summed E-state index contributed by atoms with van der Waals surface area (Å²) in [6.07, 6.45) is 1.78. The number of anilines is 2. The Kier molecular flexibility index (Phi) is 5.71. The van der Waals surface area contributed by atoms with Crippen molar-refractivity contribution in [2.45, 2.75) is 6.42 Å². The number of carbonyl (C=O) groups is 1. The second-order valence-electron chi connectivity index (χ2n) is 6.35. The summed E-state index contributed by atoms with van der Waals surface area (Å²) in [4.78, 5) is 14.6. The molecule has 28 heavy (non-hydrogen) atoms. The Morgan fingerprint density at radius 1 is 1.18 bits per heavy atom. The van der Waals surface area contributed by atoms with Crippen molar-refractivity contribution in [2.75, 3.05) is 42.8 Å². The van der Waals surface area contributed by atoms with Gasteiger partial charge in [-0.05, 0) is 18.1 Å². The number of nitrogens with zero attached hydrogens (tertiary/aromatic N) is 2. The first-order valence-corrected chi connectivity index (χ1v) is 10.8. The Labute approximate surface area is 169 Å². The van der Waals surface area contributed by atoms with Gasteiger partial charge in [-0.15, -0.1) is 0 Å². The molecule has 0 saturated carbocycles. The van der Waals surface area contributed by atoms with Gasteiger partial charge in [-0.25, -0.2) is 8.42 Å². The van der Waals surface area contributed by atoms with Crippen LogP contribution >= 0.6 is 11.6 Å². The van der Waals surface area contributed by atoms with Crippen LogP contribution in [0.3, 0.4) is 0 Å². The number of sulfonamides is 1. The van der Waals surface area contributed by atoms with E-state index >= 15 is 0 Å². The molecule has 1 aliphatic rings. The third-order valence-corrected chi connectivity index (χ3v) is 6.01. The summed E-state index contributed by atoms with van der Waals surface area (Å²) >= 11 is 6.12. The Morgan fingerprint density at radius 3 is 2.50 bits per heavy atom. The molecule has 0 saturated heterocycles. The van der Waals surface area contributed by atoms with Gasteiger partial charge in [0.1, 0.15) is 18.0 Å². The van der Waals surface area contributed by atoms with Crippen LogP contribution in [-0.4, -0.2) is 47.9 Å². The van der Waals surface area contributed by atoms with Gasteiger partial charge < -0.3 is 14.4 Å². The van der Waals surface area contributed by atoms with E-state index in [1.165, 1.54) is 26.4 Å². The molecule has 3 rings (SSSR count). The molecule has 9 heteroatoms. The largest absolute Gasteiger partial charge is 0.495 e. The molecule has 0 aromatic heterocycles. The molecule has 1 amide bonds. The number of amides is 1. The summed E-state index contributed by atoms with van der Waals surface area (Å²) in [5.41, 5.74) is 2.06. The van der Waals surface area contributed by atoms with E-state index in [2.05, 4.69) is 0 Å². The number of benzene rings is 2. The van der Waals surface area contributed by atoms with Crippen LogP contribution in [0.5, 0.6) is 11.5 Å². The van der Waals surface area contributed by atoms with Gasteiger partial charge in [-0.3, -0.25) is 9.10 Å². The molecule has 0 bridgehead atoms. The molecule has 0 radical (unpaired) electrons. The average molecular weight is 425 g/mol. The summed E-state index contributed by atoms with van der Waals surface area (Å²) in [5.74, 6) is 0.183. The van der Waals surface area contributed by atoms with Crippen molar-refractivity contribution in [3.63, 3.8) is 0 Å². The standard InChI is InChI=1S/C19H21ClN2O5S/c1-26-17-11-16(18(27-2)10-14(17)20)22(28(3,24)25)12-19(23)21-9-8-13-6-4-5-7-15(13)21/h4-7,10-11H,8-9,12H2,1-3H3. The first-order chi connectivity index (χ1) is 13.3. The smallest absolute Gasteiger partial charge is 0.247 e. The predicted octanol–water partition coefficient (Wildman–Crippen LogP) is 2.71. The van der Waals surface area contributed by atoms with Crippen molar-refractivity contribution in [2.24, 2.45) is 0 Å². The second-order valence-corrected chi connectivity index (χ2v) is 8.67. The highest BCUT2D eigenvalue weighted by Gasteiger charge is 2.30. The molecule has 0 aliphatic carbocycles. The van der Waals surface area contributed by atoms with Gasteiger partial charge in [-0.1, -0.05) is 29.8 Å². The highest BCUT2D eigenvalue weighted by molar-refractivity contribution is 7.92. The number of carbonyl (C=O) groups excluding carboxylic acids is 1. The van der Waals surface area contributed by atoms with Crippen LogP contribution in [0.15, 0.2) is 36.4 Å². The zero-order chi connectivity index (χ0) is 20.5. The van der Waals surface area contributed by atoms with Crippen molar-refractivity contribution in [3.8, 4) is 11.5 Å². The lowest BCUT2D eigenvalue weighted by Gasteiger charge is -2.27. The highest BCUT2D eigenvalue weighted by Crippen LogP contribution is 2.39. The van der Waals surface area contributed by atoms with Gasteiger partial charge in [-0.2, -0.15) is 0 Å². The van der Waals surface area contributed by atoms with Gasteiger partial charge in [0.25, 0.3) is 0 Å². The van der Waals surface area contributed by atoms with Gasteiger partial charge >= 0.3 is 0 Å². The monoisotopic (exact) mass is 424 g/mol. The zero-order valence-electron chi connectivity index (χ0n) is 15.8. The van der Waals surface area contributed by atoms with Crippen LogP contribution in [0, 0.1) is 0 Å². The van der Waals surface area contributed by atoms with Crippen LogP contribution in [0.1, 0.15) is 5.56 Å². The molecule has 1 aliphatic heterocycles. The molecular weight excluding hydrogens is 404 g/mol. The van der Waals surface area contributed by atoms with Crippen LogP contribution in [-0.2, 0) is 21.2 Å². The molecule has 0 fully saturated rings. The highest BCUT2D eigenvalue weighted by atomic mass is 35.5. The molecule has 1 heterocycles. The van der Waals surface area contributed by atoms with E-state index in [0.29, 0.717) is 6.54 Å². The Morgan fingerprint density at radius 2 is 1.86 bits per heavy atom. The van der Waals surface area contributed by atoms with Crippen molar-refractivity contribution < 1.29 is 22.7 Å². The van der Waals surface area contributed by atoms with E-state index < -0.39 is 10.0 Å². The average Bonchev–Trinajstić information content (AvgIpc) is 3.09. The van der Waals surface area contributed by atoms with E-state index in [-0.39, 0.29) is 34.7 Å². The molecule has 0 atom stereocenters.